The van der Waals surface area contributed by atoms with Crippen LogP contribution in [0.3, 0.4) is 0 Å². The molecule has 6 heteroatoms. The summed E-state index contributed by atoms with van der Waals surface area (Å²) in [6.07, 6.45) is 0.368. The van der Waals surface area contributed by atoms with E-state index in [0.29, 0.717) is 12.1 Å². The number of benzene rings is 1. The van der Waals surface area contributed by atoms with Crippen LogP contribution in [0.25, 0.3) is 0 Å². The van der Waals surface area contributed by atoms with E-state index in [4.69, 9.17) is 22.5 Å². The second-order valence-electron chi connectivity index (χ2n) is 3.01. The van der Waals surface area contributed by atoms with Gasteiger partial charge in [-0.1, -0.05) is 12.1 Å². The lowest BCUT2D eigenvalue weighted by molar-refractivity contribution is 1.26. The summed E-state index contributed by atoms with van der Waals surface area (Å²) in [6.45, 7) is 0. The molecule has 0 radical (unpaired) electrons. The molecule has 0 bridgehead atoms. The third-order valence-corrected chi connectivity index (χ3v) is 1.71. The van der Waals surface area contributed by atoms with Crippen molar-refractivity contribution in [2.75, 3.05) is 0 Å². The van der Waals surface area contributed by atoms with Gasteiger partial charge in [0.25, 0.3) is 0 Å². The summed E-state index contributed by atoms with van der Waals surface area (Å²) in [5, 5.41) is 8.49. The Morgan fingerprint density at radius 1 is 1.19 bits per heavy atom. The van der Waals surface area contributed by atoms with Gasteiger partial charge in [-0.2, -0.15) is 10.3 Å². The van der Waals surface area contributed by atoms with Crippen LogP contribution < -0.4 is 17.2 Å². The molecule has 16 heavy (non-hydrogen) atoms. The average Bonchev–Trinajstić information content (AvgIpc) is 2.20. The van der Waals surface area contributed by atoms with Crippen LogP contribution in [0.15, 0.2) is 34.3 Å². The zero-order valence-electron chi connectivity index (χ0n) is 8.59. The molecule has 0 heterocycles. The van der Waals surface area contributed by atoms with E-state index >= 15 is 0 Å². The summed E-state index contributed by atoms with van der Waals surface area (Å²) < 4.78 is 0. The van der Waals surface area contributed by atoms with Gasteiger partial charge in [0.2, 0.25) is 5.96 Å². The van der Waals surface area contributed by atoms with Crippen molar-refractivity contribution in [2.45, 2.75) is 6.42 Å². The number of guanidine groups is 2. The molecule has 0 atom stereocenters. The molecule has 0 saturated carbocycles. The van der Waals surface area contributed by atoms with Crippen LogP contribution >= 0.6 is 0 Å². The van der Waals surface area contributed by atoms with Crippen LogP contribution in [0.2, 0.25) is 0 Å². The van der Waals surface area contributed by atoms with Crippen molar-refractivity contribution in [3.05, 3.63) is 29.8 Å². The zero-order valence-corrected chi connectivity index (χ0v) is 8.59. The first-order valence-electron chi connectivity index (χ1n) is 4.51. The Hall–Kier alpha value is -2.55. The van der Waals surface area contributed by atoms with Gasteiger partial charge >= 0.3 is 0 Å². The molecule has 0 aliphatic heterocycles. The molecule has 6 nitrogen and oxygen atoms in total. The van der Waals surface area contributed by atoms with E-state index in [1.807, 2.05) is 0 Å². The minimum absolute atomic E-state index is 0.00645. The first kappa shape index (κ1) is 11.5. The smallest absolute Gasteiger partial charge is 0.223 e. The van der Waals surface area contributed by atoms with E-state index < -0.39 is 0 Å². The summed E-state index contributed by atoms with van der Waals surface area (Å²) in [5.41, 5.74) is 17.3. The Bertz CT molecular complexity index is 447. The standard InChI is InChI=1S/C10H12N6/c11-6-5-7-1-3-8(4-2-7)15-10(14)16-9(12)13/h1-4H,5H2,(H6,12,13,14,15,16). The number of hydrogen-bond donors (Lipinski definition) is 3. The fraction of sp³-hybridized carbons (Fsp3) is 0.100. The predicted molar refractivity (Wildman–Crippen MR) is 62.9 cm³/mol. The van der Waals surface area contributed by atoms with Gasteiger partial charge in [-0.3, -0.25) is 0 Å². The Balaban J connectivity index is 2.83. The average molecular weight is 216 g/mol. The van der Waals surface area contributed by atoms with Crippen molar-refractivity contribution < 1.29 is 0 Å². The summed E-state index contributed by atoms with van der Waals surface area (Å²) in [6, 6.07) is 9.12. The molecule has 0 spiro atoms. The van der Waals surface area contributed by atoms with Crippen molar-refractivity contribution in [1.82, 2.24) is 0 Å². The maximum absolute atomic E-state index is 8.49. The lowest BCUT2D eigenvalue weighted by Crippen LogP contribution is -2.26. The van der Waals surface area contributed by atoms with Gasteiger partial charge in [-0.05, 0) is 17.7 Å². The summed E-state index contributed by atoms with van der Waals surface area (Å²) in [7, 11) is 0. The van der Waals surface area contributed by atoms with Gasteiger partial charge in [-0.25, -0.2) is 4.99 Å². The lowest BCUT2D eigenvalue weighted by Gasteiger charge is -1.97. The maximum Gasteiger partial charge on any atom is 0.223 e. The molecule has 82 valence electrons. The maximum atomic E-state index is 8.49. The highest BCUT2D eigenvalue weighted by atomic mass is 15.1. The summed E-state index contributed by atoms with van der Waals surface area (Å²) in [4.78, 5) is 7.54. The summed E-state index contributed by atoms with van der Waals surface area (Å²) >= 11 is 0. The molecule has 1 aromatic carbocycles. The van der Waals surface area contributed by atoms with Crippen molar-refractivity contribution in [3.8, 4) is 6.07 Å². The Kier molecular flexibility index (Phi) is 3.86. The van der Waals surface area contributed by atoms with Gasteiger partial charge in [0.05, 0.1) is 18.2 Å². The molecule has 0 amide bonds. The first-order chi connectivity index (χ1) is 7.61. The number of aliphatic imine (C=N–C) groups is 2. The van der Waals surface area contributed by atoms with Gasteiger partial charge in [0.15, 0.2) is 5.96 Å². The molecule has 1 rings (SSSR count). The van der Waals surface area contributed by atoms with Crippen molar-refractivity contribution >= 4 is 17.6 Å². The second-order valence-corrected chi connectivity index (χ2v) is 3.01. The highest BCUT2D eigenvalue weighted by Crippen LogP contribution is 2.13. The monoisotopic (exact) mass is 216 g/mol. The van der Waals surface area contributed by atoms with E-state index in [-0.39, 0.29) is 11.9 Å². The number of rotatable bonds is 2. The van der Waals surface area contributed by atoms with Gasteiger partial charge in [-0.15, -0.1) is 0 Å². The fourth-order valence-corrected chi connectivity index (χ4v) is 1.07. The zero-order chi connectivity index (χ0) is 12.0. The number of nitrogens with zero attached hydrogens (tertiary/aromatic N) is 3. The SMILES string of the molecule is N#CCc1ccc(N=C(N)N=C(N)N)cc1. The molecule has 0 fully saturated rings. The molecule has 0 aliphatic rings. The molecule has 1 aromatic rings. The minimum Gasteiger partial charge on any atom is -0.370 e. The Morgan fingerprint density at radius 2 is 1.81 bits per heavy atom. The highest BCUT2D eigenvalue weighted by Gasteiger charge is 1.94. The van der Waals surface area contributed by atoms with Crippen LogP contribution in [0.1, 0.15) is 5.56 Å². The van der Waals surface area contributed by atoms with E-state index in [1.54, 1.807) is 24.3 Å². The van der Waals surface area contributed by atoms with Crippen molar-refractivity contribution in [3.63, 3.8) is 0 Å². The van der Waals surface area contributed by atoms with Gasteiger partial charge < -0.3 is 17.2 Å². The number of hydrogen-bond acceptors (Lipinski definition) is 2. The Morgan fingerprint density at radius 3 is 2.31 bits per heavy atom. The molecular formula is C10H12N6. The predicted octanol–water partition coefficient (Wildman–Crippen LogP) is -0.0277. The summed E-state index contributed by atoms with van der Waals surface area (Å²) in [5.74, 6) is -0.143. The van der Waals surface area contributed by atoms with Crippen LogP contribution in [0.4, 0.5) is 5.69 Å². The molecule has 0 aliphatic carbocycles. The van der Waals surface area contributed by atoms with Gasteiger partial charge in [0.1, 0.15) is 0 Å². The fourth-order valence-electron chi connectivity index (χ4n) is 1.07. The minimum atomic E-state index is -0.137. The number of nitrogens with two attached hydrogens (primary N) is 3. The van der Waals surface area contributed by atoms with E-state index in [9.17, 15) is 0 Å². The lowest BCUT2D eigenvalue weighted by atomic mass is 10.1. The van der Waals surface area contributed by atoms with Crippen molar-refractivity contribution in [2.24, 2.45) is 27.2 Å². The van der Waals surface area contributed by atoms with Crippen LogP contribution in [-0.4, -0.2) is 11.9 Å². The van der Waals surface area contributed by atoms with Crippen molar-refractivity contribution in [1.29, 1.82) is 5.26 Å². The molecule has 0 saturated heterocycles. The number of nitriles is 1. The third kappa shape index (κ3) is 3.67. The van der Waals surface area contributed by atoms with Crippen LogP contribution in [-0.2, 0) is 6.42 Å². The van der Waals surface area contributed by atoms with Crippen LogP contribution in [0, 0.1) is 11.3 Å². The molecule has 0 unspecified atom stereocenters. The normalized spacial score (nSPS) is 10.6. The Labute approximate surface area is 93.1 Å². The van der Waals surface area contributed by atoms with Gasteiger partial charge in [0, 0.05) is 0 Å². The second kappa shape index (κ2) is 5.36. The van der Waals surface area contributed by atoms with E-state index in [1.165, 1.54) is 0 Å². The largest absolute Gasteiger partial charge is 0.370 e. The molecule has 0 aromatic heterocycles. The topological polar surface area (TPSA) is 127 Å². The van der Waals surface area contributed by atoms with Crippen LogP contribution in [0.5, 0.6) is 0 Å². The van der Waals surface area contributed by atoms with E-state index in [0.717, 1.165) is 5.56 Å². The molecule has 6 N–H and O–H groups in total. The third-order valence-electron chi connectivity index (χ3n) is 1.71. The first-order valence-corrected chi connectivity index (χ1v) is 4.51. The van der Waals surface area contributed by atoms with E-state index in [2.05, 4.69) is 16.1 Å². The molecular weight excluding hydrogens is 204 g/mol. The highest BCUT2D eigenvalue weighted by molar-refractivity contribution is 5.93. The quantitative estimate of drug-likeness (QED) is 0.474.